The molecule has 0 aliphatic carbocycles. The normalized spacial score (nSPS) is 12.7. The SMILES string of the molecule is CCCCCCCCOC(C)CCCCCCCN(CC)CCCCCCCO. The minimum atomic E-state index is 0.353. The molecule has 3 heteroatoms. The highest BCUT2D eigenvalue weighted by atomic mass is 16.5. The molecule has 0 aliphatic rings. The van der Waals surface area contributed by atoms with E-state index < -0.39 is 0 Å². The number of aliphatic hydroxyl groups excluding tert-OH is 1. The quantitative estimate of drug-likeness (QED) is 0.168. The summed E-state index contributed by atoms with van der Waals surface area (Å²) in [6.45, 7) is 11.8. The van der Waals surface area contributed by atoms with Gasteiger partial charge in [0, 0.05) is 13.2 Å². The number of unbranched alkanes of at least 4 members (excludes halogenated alkanes) is 13. The highest BCUT2D eigenvalue weighted by Crippen LogP contribution is 2.12. The number of rotatable bonds is 24. The minimum absolute atomic E-state index is 0.353. The molecule has 1 atom stereocenters. The van der Waals surface area contributed by atoms with Gasteiger partial charge in [-0.3, -0.25) is 0 Å². The van der Waals surface area contributed by atoms with Crippen LogP contribution in [0.1, 0.15) is 130 Å². The minimum Gasteiger partial charge on any atom is -0.396 e. The maximum Gasteiger partial charge on any atom is 0.0547 e. The van der Waals surface area contributed by atoms with Crippen molar-refractivity contribution in [3.63, 3.8) is 0 Å². The Morgan fingerprint density at radius 2 is 1.17 bits per heavy atom. The fraction of sp³-hybridized carbons (Fsp3) is 1.00. The first-order valence-electron chi connectivity index (χ1n) is 13.2. The van der Waals surface area contributed by atoms with Crippen LogP contribution in [0.2, 0.25) is 0 Å². The summed E-state index contributed by atoms with van der Waals surface area (Å²) in [7, 11) is 0. The molecule has 0 spiro atoms. The standard InChI is InChI=1S/C26H55NO2/c1-4-6-7-8-15-20-25-29-26(3)21-16-11-9-12-17-22-27(5-2)23-18-13-10-14-19-24-28/h26,28H,4-25H2,1-3H3. The van der Waals surface area contributed by atoms with Gasteiger partial charge in [-0.1, -0.05) is 90.9 Å². The summed E-state index contributed by atoms with van der Waals surface area (Å²) in [5.41, 5.74) is 0. The molecule has 176 valence electrons. The van der Waals surface area contributed by atoms with E-state index in [-0.39, 0.29) is 0 Å². The lowest BCUT2D eigenvalue weighted by atomic mass is 10.1. The second kappa shape index (κ2) is 24.2. The first-order valence-corrected chi connectivity index (χ1v) is 13.2. The predicted molar refractivity (Wildman–Crippen MR) is 129 cm³/mol. The molecule has 3 nitrogen and oxygen atoms in total. The van der Waals surface area contributed by atoms with Gasteiger partial charge >= 0.3 is 0 Å². The summed E-state index contributed by atoms with van der Waals surface area (Å²) in [4.78, 5) is 2.62. The predicted octanol–water partition coefficient (Wildman–Crippen LogP) is 7.36. The van der Waals surface area contributed by atoms with Gasteiger partial charge in [-0.15, -0.1) is 0 Å². The zero-order valence-electron chi connectivity index (χ0n) is 20.4. The van der Waals surface area contributed by atoms with Crippen molar-refractivity contribution in [2.24, 2.45) is 0 Å². The lowest BCUT2D eigenvalue weighted by Gasteiger charge is -2.20. The van der Waals surface area contributed by atoms with Gasteiger partial charge in [0.05, 0.1) is 6.10 Å². The summed E-state index contributed by atoms with van der Waals surface area (Å²) < 4.78 is 5.97. The van der Waals surface area contributed by atoms with E-state index in [4.69, 9.17) is 9.84 Å². The smallest absolute Gasteiger partial charge is 0.0547 e. The number of nitrogens with zero attached hydrogens (tertiary/aromatic N) is 1. The topological polar surface area (TPSA) is 32.7 Å². The van der Waals surface area contributed by atoms with E-state index in [1.165, 1.54) is 122 Å². The van der Waals surface area contributed by atoms with E-state index in [0.29, 0.717) is 12.7 Å². The summed E-state index contributed by atoms with van der Waals surface area (Å²) in [6, 6.07) is 0. The molecule has 0 aromatic rings. The average Bonchev–Trinajstić information content (AvgIpc) is 2.73. The first kappa shape index (κ1) is 28.9. The Kier molecular flexibility index (Phi) is 24.1. The first-order chi connectivity index (χ1) is 14.2. The Morgan fingerprint density at radius 1 is 0.655 bits per heavy atom. The van der Waals surface area contributed by atoms with Gasteiger partial charge in [0.2, 0.25) is 0 Å². The van der Waals surface area contributed by atoms with Crippen LogP contribution in [0.15, 0.2) is 0 Å². The summed E-state index contributed by atoms with van der Waals surface area (Å²) in [5, 5.41) is 8.81. The maximum atomic E-state index is 8.81. The number of hydrogen-bond acceptors (Lipinski definition) is 3. The third kappa shape index (κ3) is 22.4. The second-order valence-electron chi connectivity index (χ2n) is 8.93. The van der Waals surface area contributed by atoms with E-state index in [1.807, 2.05) is 0 Å². The molecule has 29 heavy (non-hydrogen) atoms. The fourth-order valence-electron chi connectivity index (χ4n) is 3.95. The van der Waals surface area contributed by atoms with E-state index in [9.17, 15) is 0 Å². The lowest BCUT2D eigenvalue weighted by Crippen LogP contribution is -2.25. The molecule has 0 heterocycles. The highest BCUT2D eigenvalue weighted by molar-refractivity contribution is 4.58. The van der Waals surface area contributed by atoms with E-state index >= 15 is 0 Å². The third-order valence-corrected chi connectivity index (χ3v) is 6.06. The molecule has 0 saturated heterocycles. The van der Waals surface area contributed by atoms with Crippen molar-refractivity contribution in [2.45, 2.75) is 136 Å². The van der Waals surface area contributed by atoms with Gasteiger partial charge in [-0.05, 0) is 58.7 Å². The Bertz CT molecular complexity index is 298. The van der Waals surface area contributed by atoms with E-state index in [2.05, 4.69) is 25.7 Å². The van der Waals surface area contributed by atoms with Crippen LogP contribution in [0.3, 0.4) is 0 Å². The molecule has 0 amide bonds. The highest BCUT2D eigenvalue weighted by Gasteiger charge is 2.04. The summed E-state index contributed by atoms with van der Waals surface area (Å²) >= 11 is 0. The number of aliphatic hydroxyl groups is 1. The van der Waals surface area contributed by atoms with Gasteiger partial charge in [0.25, 0.3) is 0 Å². The van der Waals surface area contributed by atoms with Crippen molar-refractivity contribution in [1.82, 2.24) is 4.90 Å². The summed E-state index contributed by atoms with van der Waals surface area (Å²) in [6.07, 6.45) is 22.6. The monoisotopic (exact) mass is 413 g/mol. The van der Waals surface area contributed by atoms with E-state index in [1.54, 1.807) is 0 Å². The van der Waals surface area contributed by atoms with Crippen LogP contribution in [0.25, 0.3) is 0 Å². The van der Waals surface area contributed by atoms with Gasteiger partial charge < -0.3 is 14.7 Å². The van der Waals surface area contributed by atoms with Crippen LogP contribution < -0.4 is 0 Å². The molecular weight excluding hydrogens is 358 g/mol. The van der Waals surface area contributed by atoms with Crippen molar-refractivity contribution in [2.75, 3.05) is 32.8 Å². The molecule has 0 saturated carbocycles. The average molecular weight is 414 g/mol. The molecule has 0 aromatic heterocycles. The molecule has 1 N–H and O–H groups in total. The van der Waals surface area contributed by atoms with Gasteiger partial charge in [-0.2, -0.15) is 0 Å². The fourth-order valence-corrected chi connectivity index (χ4v) is 3.95. The van der Waals surface area contributed by atoms with Crippen molar-refractivity contribution in [3.05, 3.63) is 0 Å². The van der Waals surface area contributed by atoms with Crippen LogP contribution >= 0.6 is 0 Å². The molecule has 1 unspecified atom stereocenters. The summed E-state index contributed by atoms with van der Waals surface area (Å²) in [5.74, 6) is 0. The van der Waals surface area contributed by atoms with Gasteiger partial charge in [0.1, 0.15) is 0 Å². The Balaban J connectivity index is 3.36. The van der Waals surface area contributed by atoms with Crippen LogP contribution in [0.5, 0.6) is 0 Å². The molecule has 0 rings (SSSR count). The van der Waals surface area contributed by atoms with Crippen molar-refractivity contribution in [3.8, 4) is 0 Å². The van der Waals surface area contributed by atoms with Crippen molar-refractivity contribution in [1.29, 1.82) is 0 Å². The number of ether oxygens (including phenoxy) is 1. The van der Waals surface area contributed by atoms with Crippen LogP contribution in [-0.2, 0) is 4.74 Å². The Labute approximate surface area is 184 Å². The van der Waals surface area contributed by atoms with Gasteiger partial charge in [0.15, 0.2) is 0 Å². The maximum absolute atomic E-state index is 8.81. The zero-order chi connectivity index (χ0) is 21.4. The van der Waals surface area contributed by atoms with Crippen LogP contribution in [0.4, 0.5) is 0 Å². The Morgan fingerprint density at radius 3 is 1.76 bits per heavy atom. The molecule has 0 aromatic carbocycles. The lowest BCUT2D eigenvalue weighted by molar-refractivity contribution is 0.0557. The molecule has 0 radical (unpaired) electrons. The van der Waals surface area contributed by atoms with Gasteiger partial charge in [-0.25, -0.2) is 0 Å². The Hall–Kier alpha value is -0.120. The molecule has 0 bridgehead atoms. The molecular formula is C26H55NO2. The van der Waals surface area contributed by atoms with Crippen LogP contribution in [-0.4, -0.2) is 49.0 Å². The van der Waals surface area contributed by atoms with Crippen LogP contribution in [0, 0.1) is 0 Å². The largest absolute Gasteiger partial charge is 0.396 e. The van der Waals surface area contributed by atoms with Crippen molar-refractivity contribution < 1.29 is 9.84 Å². The molecule has 0 aliphatic heterocycles. The molecule has 0 fully saturated rings. The number of hydrogen-bond donors (Lipinski definition) is 1. The van der Waals surface area contributed by atoms with E-state index in [0.717, 1.165) is 13.0 Å². The zero-order valence-corrected chi connectivity index (χ0v) is 20.4. The van der Waals surface area contributed by atoms with Crippen molar-refractivity contribution >= 4 is 0 Å². The third-order valence-electron chi connectivity index (χ3n) is 6.06. The second-order valence-corrected chi connectivity index (χ2v) is 8.93.